The lowest BCUT2D eigenvalue weighted by Crippen LogP contribution is -2.54. The Morgan fingerprint density at radius 1 is 1.07 bits per heavy atom. The summed E-state index contributed by atoms with van der Waals surface area (Å²) in [5, 5.41) is 11.8. The highest BCUT2D eigenvalue weighted by Gasteiger charge is 2.36. The van der Waals surface area contributed by atoms with Crippen molar-refractivity contribution in [2.45, 2.75) is 0 Å². The number of imide groups is 2. The van der Waals surface area contributed by atoms with Crippen LogP contribution in [-0.4, -0.2) is 43.1 Å². The molecule has 2 aromatic rings. The number of barbiturate groups is 1. The van der Waals surface area contributed by atoms with Gasteiger partial charge in [-0.3, -0.25) is 14.9 Å². The molecule has 3 rings (SSSR count). The van der Waals surface area contributed by atoms with E-state index in [1.165, 1.54) is 62.8 Å². The number of urea groups is 1. The Morgan fingerprint density at radius 2 is 1.76 bits per heavy atom. The van der Waals surface area contributed by atoms with Crippen LogP contribution >= 0.6 is 0 Å². The Morgan fingerprint density at radius 3 is 2.38 bits per heavy atom. The number of ether oxygens (including phenoxy) is 2. The lowest BCUT2D eigenvalue weighted by Gasteiger charge is -2.26. The van der Waals surface area contributed by atoms with Crippen molar-refractivity contribution < 1.29 is 33.8 Å². The van der Waals surface area contributed by atoms with E-state index in [0.29, 0.717) is 5.56 Å². The van der Waals surface area contributed by atoms with Crippen molar-refractivity contribution >= 4 is 35.6 Å². The number of rotatable bonds is 4. The van der Waals surface area contributed by atoms with E-state index in [2.05, 4.69) is 10.1 Å². The molecule has 2 N–H and O–H groups in total. The molecule has 9 heteroatoms. The van der Waals surface area contributed by atoms with Gasteiger partial charge in [-0.25, -0.2) is 14.5 Å². The molecule has 1 heterocycles. The van der Waals surface area contributed by atoms with Crippen molar-refractivity contribution in [3.05, 3.63) is 59.2 Å². The molecule has 1 fully saturated rings. The van der Waals surface area contributed by atoms with Crippen LogP contribution in [0.4, 0.5) is 10.5 Å². The van der Waals surface area contributed by atoms with Crippen LogP contribution in [-0.2, 0) is 14.3 Å². The Hall–Kier alpha value is -4.14. The molecule has 1 aliphatic heterocycles. The number of carbonyl (C=O) groups excluding carboxylic acids is 4. The third-order valence-corrected chi connectivity index (χ3v) is 4.16. The number of anilines is 1. The van der Waals surface area contributed by atoms with E-state index in [0.717, 1.165) is 4.90 Å². The lowest BCUT2D eigenvalue weighted by molar-refractivity contribution is -0.122. The van der Waals surface area contributed by atoms with Gasteiger partial charge in [-0.15, -0.1) is 0 Å². The van der Waals surface area contributed by atoms with Gasteiger partial charge >= 0.3 is 12.0 Å². The van der Waals surface area contributed by atoms with E-state index in [9.17, 15) is 24.3 Å². The molecule has 1 aliphatic rings. The Balaban J connectivity index is 1.97. The van der Waals surface area contributed by atoms with Gasteiger partial charge in [0.05, 0.1) is 25.5 Å². The summed E-state index contributed by atoms with van der Waals surface area (Å²) in [6.07, 6.45) is 1.28. The molecule has 0 bridgehead atoms. The first-order valence-corrected chi connectivity index (χ1v) is 8.32. The number of aromatic hydroxyl groups is 1. The van der Waals surface area contributed by atoms with E-state index < -0.39 is 23.8 Å². The molecule has 148 valence electrons. The number of phenols is 1. The summed E-state index contributed by atoms with van der Waals surface area (Å²) in [4.78, 5) is 49.6. The number of esters is 1. The smallest absolute Gasteiger partial charge is 0.337 e. The minimum atomic E-state index is -0.911. The molecular weight excluding hydrogens is 380 g/mol. The second-order valence-electron chi connectivity index (χ2n) is 5.93. The summed E-state index contributed by atoms with van der Waals surface area (Å²) >= 11 is 0. The Bertz CT molecular complexity index is 1040. The van der Waals surface area contributed by atoms with Gasteiger partial charge in [0.2, 0.25) is 0 Å². The number of amides is 4. The number of carbonyl (C=O) groups is 4. The van der Waals surface area contributed by atoms with E-state index in [4.69, 9.17) is 4.74 Å². The quantitative estimate of drug-likeness (QED) is 0.459. The highest BCUT2D eigenvalue weighted by molar-refractivity contribution is 6.39. The van der Waals surface area contributed by atoms with Crippen LogP contribution in [0.1, 0.15) is 15.9 Å². The minimum absolute atomic E-state index is 0.100. The van der Waals surface area contributed by atoms with E-state index in [1.807, 2.05) is 0 Å². The summed E-state index contributed by atoms with van der Waals surface area (Å²) in [6, 6.07) is 8.93. The van der Waals surface area contributed by atoms with Gasteiger partial charge < -0.3 is 14.6 Å². The molecule has 1 saturated heterocycles. The molecule has 2 aromatic carbocycles. The van der Waals surface area contributed by atoms with Gasteiger partial charge in [0.15, 0.2) is 11.5 Å². The van der Waals surface area contributed by atoms with Crippen molar-refractivity contribution in [2.24, 2.45) is 0 Å². The first kappa shape index (κ1) is 19.6. The lowest BCUT2D eigenvalue weighted by atomic mass is 10.1. The first-order chi connectivity index (χ1) is 13.8. The van der Waals surface area contributed by atoms with Crippen LogP contribution in [0, 0.1) is 0 Å². The molecule has 0 spiro atoms. The van der Waals surface area contributed by atoms with Gasteiger partial charge in [0.25, 0.3) is 11.8 Å². The molecule has 4 amide bonds. The second kappa shape index (κ2) is 7.85. The maximum Gasteiger partial charge on any atom is 0.337 e. The average Bonchev–Trinajstić information content (AvgIpc) is 2.72. The average molecular weight is 396 g/mol. The van der Waals surface area contributed by atoms with E-state index in [1.54, 1.807) is 0 Å². The molecule has 0 radical (unpaired) electrons. The zero-order valence-electron chi connectivity index (χ0n) is 15.5. The highest BCUT2D eigenvalue weighted by Crippen LogP contribution is 2.28. The zero-order chi connectivity index (χ0) is 21.1. The third kappa shape index (κ3) is 3.79. The minimum Gasteiger partial charge on any atom is -0.504 e. The van der Waals surface area contributed by atoms with Gasteiger partial charge in [-0.1, -0.05) is 6.07 Å². The van der Waals surface area contributed by atoms with Crippen LogP contribution in [0.25, 0.3) is 6.08 Å². The predicted octanol–water partition coefficient (Wildman–Crippen LogP) is 1.85. The van der Waals surface area contributed by atoms with Crippen molar-refractivity contribution in [1.82, 2.24) is 5.32 Å². The third-order valence-electron chi connectivity index (χ3n) is 4.16. The molecule has 0 unspecified atom stereocenters. The van der Waals surface area contributed by atoms with Gasteiger partial charge in [0.1, 0.15) is 5.57 Å². The summed E-state index contributed by atoms with van der Waals surface area (Å²) in [7, 11) is 2.60. The van der Waals surface area contributed by atoms with Crippen molar-refractivity contribution in [3.63, 3.8) is 0 Å². The maximum absolute atomic E-state index is 12.9. The van der Waals surface area contributed by atoms with Crippen molar-refractivity contribution in [3.8, 4) is 11.5 Å². The SMILES string of the molecule is COC(=O)c1ccc(N2C(=O)NC(=O)C(=Cc3ccc(O)c(OC)c3)C2=O)cc1. The topological polar surface area (TPSA) is 122 Å². The van der Waals surface area contributed by atoms with Crippen LogP contribution < -0.4 is 15.0 Å². The molecule has 0 aliphatic carbocycles. The number of methoxy groups -OCH3 is 2. The fourth-order valence-corrected chi connectivity index (χ4v) is 2.71. The predicted molar refractivity (Wildman–Crippen MR) is 101 cm³/mol. The molecular formula is C20H16N2O7. The van der Waals surface area contributed by atoms with Crippen LogP contribution in [0.5, 0.6) is 11.5 Å². The summed E-state index contributed by atoms with van der Waals surface area (Å²) in [5.74, 6) is -2.19. The standard InChI is InChI=1S/C20H16N2O7/c1-28-16-10-11(3-8-15(16)23)9-14-17(24)21-20(27)22(18(14)25)13-6-4-12(5-7-13)19(26)29-2/h3-10,23H,1-2H3,(H,21,24,27). The summed E-state index contributed by atoms with van der Waals surface area (Å²) in [5.41, 5.74) is 0.536. The fraction of sp³-hybridized carbons (Fsp3) is 0.100. The number of hydrogen-bond donors (Lipinski definition) is 2. The normalized spacial score (nSPS) is 15.3. The number of nitrogens with one attached hydrogen (secondary N) is 1. The van der Waals surface area contributed by atoms with E-state index in [-0.39, 0.29) is 28.3 Å². The van der Waals surface area contributed by atoms with Crippen molar-refractivity contribution in [2.75, 3.05) is 19.1 Å². The fourth-order valence-electron chi connectivity index (χ4n) is 2.71. The monoisotopic (exact) mass is 396 g/mol. The summed E-state index contributed by atoms with van der Waals surface area (Å²) < 4.78 is 9.62. The summed E-state index contributed by atoms with van der Waals surface area (Å²) in [6.45, 7) is 0. The Labute approximate surface area is 165 Å². The number of benzene rings is 2. The van der Waals surface area contributed by atoms with Gasteiger partial charge in [0, 0.05) is 0 Å². The molecule has 29 heavy (non-hydrogen) atoms. The first-order valence-electron chi connectivity index (χ1n) is 8.32. The molecule has 0 atom stereocenters. The largest absolute Gasteiger partial charge is 0.504 e. The Kier molecular flexibility index (Phi) is 5.31. The number of phenolic OH excluding ortho intramolecular Hbond substituents is 1. The maximum atomic E-state index is 12.9. The molecule has 9 nitrogen and oxygen atoms in total. The number of nitrogens with zero attached hydrogens (tertiary/aromatic N) is 1. The van der Waals surface area contributed by atoms with Crippen LogP contribution in [0.3, 0.4) is 0 Å². The van der Waals surface area contributed by atoms with Gasteiger partial charge in [-0.2, -0.15) is 0 Å². The van der Waals surface area contributed by atoms with Crippen LogP contribution in [0.2, 0.25) is 0 Å². The highest BCUT2D eigenvalue weighted by atomic mass is 16.5. The van der Waals surface area contributed by atoms with Crippen LogP contribution in [0.15, 0.2) is 48.0 Å². The van der Waals surface area contributed by atoms with Crippen molar-refractivity contribution in [1.29, 1.82) is 0 Å². The molecule has 0 saturated carbocycles. The van der Waals surface area contributed by atoms with E-state index >= 15 is 0 Å². The zero-order valence-corrected chi connectivity index (χ0v) is 15.5. The second-order valence-corrected chi connectivity index (χ2v) is 5.93. The molecule has 0 aromatic heterocycles. The van der Waals surface area contributed by atoms with Gasteiger partial charge in [-0.05, 0) is 48.0 Å². The number of hydrogen-bond acceptors (Lipinski definition) is 7.